The highest BCUT2D eigenvalue weighted by atomic mass is 32.1. The molecule has 1 aromatic rings. The van der Waals surface area contributed by atoms with Gasteiger partial charge >= 0.3 is 0 Å². The molecule has 0 saturated carbocycles. The Balaban J connectivity index is 3.03. The summed E-state index contributed by atoms with van der Waals surface area (Å²) in [5.41, 5.74) is 1.79. The first-order chi connectivity index (χ1) is 7.65. The summed E-state index contributed by atoms with van der Waals surface area (Å²) in [6.45, 7) is 11.4. The lowest BCUT2D eigenvalue weighted by atomic mass is 9.72. The number of benzene rings is 1. The summed E-state index contributed by atoms with van der Waals surface area (Å²) in [5, 5.41) is 0. The molecule has 0 heterocycles. The standard InChI is InChI=1S/C15H24OS/c1-14(2,3)10-15(4,5)11-7-8-12(16-6)13(17)9-11/h7-9,17H,10H2,1-6H3. The second-order valence-electron chi connectivity index (χ2n) is 6.51. The Morgan fingerprint density at radius 2 is 1.71 bits per heavy atom. The number of thiol groups is 1. The maximum absolute atomic E-state index is 5.24. The first-order valence-corrected chi connectivity index (χ1v) is 6.48. The second-order valence-corrected chi connectivity index (χ2v) is 6.99. The summed E-state index contributed by atoms with van der Waals surface area (Å²) in [6, 6.07) is 6.26. The van der Waals surface area contributed by atoms with E-state index in [1.54, 1.807) is 7.11 Å². The molecule has 0 bridgehead atoms. The molecule has 0 fully saturated rings. The number of rotatable bonds is 3. The van der Waals surface area contributed by atoms with E-state index in [0.717, 1.165) is 17.1 Å². The third-order valence-corrected chi connectivity index (χ3v) is 3.28. The van der Waals surface area contributed by atoms with Gasteiger partial charge in [-0.15, -0.1) is 12.6 Å². The molecule has 0 aliphatic heterocycles. The van der Waals surface area contributed by atoms with Gasteiger partial charge in [0.2, 0.25) is 0 Å². The lowest BCUT2D eigenvalue weighted by Gasteiger charge is -2.33. The summed E-state index contributed by atoms with van der Waals surface area (Å²) in [4.78, 5) is 0.909. The molecule has 0 aromatic heterocycles. The molecule has 17 heavy (non-hydrogen) atoms. The number of methoxy groups -OCH3 is 1. The summed E-state index contributed by atoms with van der Waals surface area (Å²) in [6.07, 6.45) is 1.14. The smallest absolute Gasteiger partial charge is 0.132 e. The Bertz CT molecular complexity index is 388. The molecular weight excluding hydrogens is 228 g/mol. The van der Waals surface area contributed by atoms with Crippen LogP contribution in [0, 0.1) is 5.41 Å². The minimum Gasteiger partial charge on any atom is -0.496 e. The van der Waals surface area contributed by atoms with Gasteiger partial charge in [0.25, 0.3) is 0 Å². The van der Waals surface area contributed by atoms with Gasteiger partial charge in [-0.05, 0) is 34.9 Å². The second kappa shape index (κ2) is 4.93. The van der Waals surface area contributed by atoms with Crippen molar-refractivity contribution in [2.45, 2.75) is 51.3 Å². The van der Waals surface area contributed by atoms with Crippen molar-refractivity contribution in [2.24, 2.45) is 5.41 Å². The van der Waals surface area contributed by atoms with Crippen LogP contribution in [0.25, 0.3) is 0 Å². The van der Waals surface area contributed by atoms with Gasteiger partial charge in [-0.1, -0.05) is 40.7 Å². The Labute approximate surface area is 111 Å². The predicted molar refractivity (Wildman–Crippen MR) is 77.3 cm³/mol. The van der Waals surface area contributed by atoms with Crippen molar-refractivity contribution in [3.05, 3.63) is 23.8 Å². The molecule has 0 atom stereocenters. The van der Waals surface area contributed by atoms with Gasteiger partial charge in [-0.2, -0.15) is 0 Å². The molecule has 0 saturated heterocycles. The molecule has 96 valence electrons. The highest BCUT2D eigenvalue weighted by molar-refractivity contribution is 7.80. The fourth-order valence-electron chi connectivity index (χ4n) is 2.54. The zero-order valence-corrected chi connectivity index (χ0v) is 12.7. The first-order valence-electron chi connectivity index (χ1n) is 6.03. The topological polar surface area (TPSA) is 9.23 Å². The van der Waals surface area contributed by atoms with Gasteiger partial charge in [0, 0.05) is 4.90 Å². The molecule has 0 N–H and O–H groups in total. The van der Waals surface area contributed by atoms with E-state index in [1.165, 1.54) is 5.56 Å². The van der Waals surface area contributed by atoms with Gasteiger partial charge in [-0.3, -0.25) is 0 Å². The van der Waals surface area contributed by atoms with Crippen LogP contribution < -0.4 is 4.74 Å². The summed E-state index contributed by atoms with van der Waals surface area (Å²) < 4.78 is 5.24. The molecule has 2 heteroatoms. The summed E-state index contributed by atoms with van der Waals surface area (Å²) >= 11 is 4.47. The quantitative estimate of drug-likeness (QED) is 0.767. The van der Waals surface area contributed by atoms with Crippen molar-refractivity contribution in [3.8, 4) is 5.75 Å². The van der Waals surface area contributed by atoms with Crippen LogP contribution in [-0.4, -0.2) is 7.11 Å². The van der Waals surface area contributed by atoms with Gasteiger partial charge in [-0.25, -0.2) is 0 Å². The van der Waals surface area contributed by atoms with Crippen LogP contribution in [0.1, 0.15) is 46.6 Å². The van der Waals surface area contributed by atoms with E-state index in [0.29, 0.717) is 5.41 Å². The monoisotopic (exact) mass is 252 g/mol. The molecule has 0 aliphatic carbocycles. The Morgan fingerprint density at radius 3 is 2.12 bits per heavy atom. The normalized spacial score (nSPS) is 12.6. The number of hydrogen-bond donors (Lipinski definition) is 1. The fourth-order valence-corrected chi connectivity index (χ4v) is 2.84. The lowest BCUT2D eigenvalue weighted by Crippen LogP contribution is -2.24. The van der Waals surface area contributed by atoms with Crippen molar-refractivity contribution in [1.29, 1.82) is 0 Å². The zero-order chi connectivity index (χ0) is 13.3. The van der Waals surface area contributed by atoms with E-state index in [-0.39, 0.29) is 5.41 Å². The van der Waals surface area contributed by atoms with Gasteiger partial charge in [0.1, 0.15) is 5.75 Å². The van der Waals surface area contributed by atoms with Crippen molar-refractivity contribution >= 4 is 12.6 Å². The predicted octanol–water partition coefficient (Wildman–Crippen LogP) is 4.70. The van der Waals surface area contributed by atoms with E-state index in [4.69, 9.17) is 4.74 Å². The molecule has 1 aromatic carbocycles. The third kappa shape index (κ3) is 3.95. The largest absolute Gasteiger partial charge is 0.496 e. The van der Waals surface area contributed by atoms with Crippen LogP contribution in [0.2, 0.25) is 0 Å². The minimum atomic E-state index is 0.155. The molecule has 0 amide bonds. The minimum absolute atomic E-state index is 0.155. The number of ether oxygens (including phenoxy) is 1. The Kier molecular flexibility index (Phi) is 4.19. The molecule has 0 unspecified atom stereocenters. The van der Waals surface area contributed by atoms with E-state index >= 15 is 0 Å². The van der Waals surface area contributed by atoms with Gasteiger partial charge < -0.3 is 4.74 Å². The zero-order valence-electron chi connectivity index (χ0n) is 11.8. The average molecular weight is 252 g/mol. The van der Waals surface area contributed by atoms with Crippen molar-refractivity contribution in [1.82, 2.24) is 0 Å². The molecule has 1 rings (SSSR count). The van der Waals surface area contributed by atoms with Crippen LogP contribution in [0.4, 0.5) is 0 Å². The fraction of sp³-hybridized carbons (Fsp3) is 0.600. The molecule has 0 aliphatic rings. The maximum Gasteiger partial charge on any atom is 0.132 e. The average Bonchev–Trinajstić information content (AvgIpc) is 2.13. The van der Waals surface area contributed by atoms with E-state index in [9.17, 15) is 0 Å². The van der Waals surface area contributed by atoms with Crippen molar-refractivity contribution in [3.63, 3.8) is 0 Å². The van der Waals surface area contributed by atoms with E-state index < -0.39 is 0 Å². The molecule has 0 radical (unpaired) electrons. The Hall–Kier alpha value is -0.630. The third-order valence-electron chi connectivity index (χ3n) is 2.93. The highest BCUT2D eigenvalue weighted by Crippen LogP contribution is 2.38. The Morgan fingerprint density at radius 1 is 1.12 bits per heavy atom. The van der Waals surface area contributed by atoms with Crippen molar-refractivity contribution < 1.29 is 4.74 Å². The van der Waals surface area contributed by atoms with E-state index in [2.05, 4.69) is 59.4 Å². The summed E-state index contributed by atoms with van der Waals surface area (Å²) in [7, 11) is 1.68. The van der Waals surface area contributed by atoms with Gasteiger partial charge in [0.05, 0.1) is 7.11 Å². The van der Waals surface area contributed by atoms with Crippen LogP contribution in [-0.2, 0) is 5.41 Å². The molecule has 1 nitrogen and oxygen atoms in total. The van der Waals surface area contributed by atoms with Crippen LogP contribution >= 0.6 is 12.6 Å². The highest BCUT2D eigenvalue weighted by Gasteiger charge is 2.27. The van der Waals surface area contributed by atoms with Crippen LogP contribution in [0.15, 0.2) is 23.1 Å². The van der Waals surface area contributed by atoms with Gasteiger partial charge in [0.15, 0.2) is 0 Å². The van der Waals surface area contributed by atoms with Crippen LogP contribution in [0.5, 0.6) is 5.75 Å². The molecule has 0 spiro atoms. The number of hydrogen-bond acceptors (Lipinski definition) is 2. The first kappa shape index (κ1) is 14.4. The molecular formula is C15H24OS. The van der Waals surface area contributed by atoms with Crippen LogP contribution in [0.3, 0.4) is 0 Å². The maximum atomic E-state index is 5.24. The lowest BCUT2D eigenvalue weighted by molar-refractivity contribution is 0.283. The summed E-state index contributed by atoms with van der Waals surface area (Å²) in [5.74, 6) is 0.837. The van der Waals surface area contributed by atoms with E-state index in [1.807, 2.05) is 6.07 Å². The van der Waals surface area contributed by atoms with Crippen molar-refractivity contribution in [2.75, 3.05) is 7.11 Å². The SMILES string of the molecule is COc1ccc(C(C)(C)CC(C)(C)C)cc1S.